The fourth-order valence-corrected chi connectivity index (χ4v) is 1.56. The number of nitrogen functional groups attached to an aromatic ring is 1. The summed E-state index contributed by atoms with van der Waals surface area (Å²) in [6, 6.07) is 3.76. The molecule has 1 amide bonds. The maximum atomic E-state index is 13.2. The molecule has 0 radical (unpaired) electrons. The van der Waals surface area contributed by atoms with Crippen LogP contribution in [0.15, 0.2) is 24.4 Å². The lowest BCUT2D eigenvalue weighted by Crippen LogP contribution is -2.27. The minimum atomic E-state index is -1.18. The third-order valence-corrected chi connectivity index (χ3v) is 2.65. The molecular weight excluding hydrogens is 281 g/mol. The molecule has 0 bridgehead atoms. The largest absolute Gasteiger partial charge is 0.476 e. The highest BCUT2D eigenvalue weighted by molar-refractivity contribution is 5.94. The first-order chi connectivity index (χ1) is 9.97. The third kappa shape index (κ3) is 3.53. The standard InChI is InChI=1S/C12H12FN5O3/c13-8-5-7(1-2-9(8)14)11(19)15-3-4-18-6-10(12(20)21)16-17-18/h1-2,5-6H,3-4,14H2,(H,15,19)(H,20,21). The molecule has 0 aliphatic heterocycles. The Hall–Kier alpha value is -2.97. The van der Waals surface area contributed by atoms with E-state index < -0.39 is 17.7 Å². The summed E-state index contributed by atoms with van der Waals surface area (Å²) in [4.78, 5) is 22.4. The normalized spacial score (nSPS) is 10.3. The van der Waals surface area contributed by atoms with Crippen LogP contribution in [0.3, 0.4) is 0 Å². The number of aromatic carboxylic acids is 1. The molecule has 4 N–H and O–H groups in total. The van der Waals surface area contributed by atoms with Gasteiger partial charge in [-0.1, -0.05) is 5.21 Å². The van der Waals surface area contributed by atoms with Crippen LogP contribution in [-0.2, 0) is 6.54 Å². The summed E-state index contributed by atoms with van der Waals surface area (Å²) in [5, 5.41) is 18.2. The number of carbonyl (C=O) groups is 2. The van der Waals surface area contributed by atoms with Crippen molar-refractivity contribution in [3.63, 3.8) is 0 Å². The first-order valence-electron chi connectivity index (χ1n) is 5.94. The van der Waals surface area contributed by atoms with Crippen molar-refractivity contribution in [1.29, 1.82) is 0 Å². The van der Waals surface area contributed by atoms with Crippen molar-refractivity contribution >= 4 is 17.6 Å². The second kappa shape index (κ2) is 5.99. The van der Waals surface area contributed by atoms with E-state index in [1.165, 1.54) is 23.0 Å². The predicted molar refractivity (Wildman–Crippen MR) is 70.1 cm³/mol. The van der Waals surface area contributed by atoms with E-state index in [0.717, 1.165) is 6.07 Å². The number of hydrogen-bond donors (Lipinski definition) is 3. The van der Waals surface area contributed by atoms with E-state index in [0.29, 0.717) is 0 Å². The lowest BCUT2D eigenvalue weighted by Gasteiger charge is -2.05. The van der Waals surface area contributed by atoms with Crippen LogP contribution in [0, 0.1) is 5.82 Å². The van der Waals surface area contributed by atoms with Crippen LogP contribution in [0.1, 0.15) is 20.8 Å². The summed E-state index contributed by atoms with van der Waals surface area (Å²) in [5.74, 6) is -2.31. The van der Waals surface area contributed by atoms with E-state index in [2.05, 4.69) is 15.6 Å². The van der Waals surface area contributed by atoms with Crippen LogP contribution in [0.4, 0.5) is 10.1 Å². The molecule has 0 atom stereocenters. The molecule has 2 aromatic rings. The van der Waals surface area contributed by atoms with Crippen molar-refractivity contribution in [2.45, 2.75) is 6.54 Å². The number of halogens is 1. The Morgan fingerprint density at radius 1 is 1.43 bits per heavy atom. The van der Waals surface area contributed by atoms with Crippen LogP contribution in [0.25, 0.3) is 0 Å². The second-order valence-corrected chi connectivity index (χ2v) is 4.16. The van der Waals surface area contributed by atoms with Gasteiger partial charge in [-0.15, -0.1) is 5.10 Å². The van der Waals surface area contributed by atoms with Crippen molar-refractivity contribution in [3.8, 4) is 0 Å². The fraction of sp³-hybridized carbons (Fsp3) is 0.167. The zero-order valence-corrected chi connectivity index (χ0v) is 10.8. The Labute approximate surface area is 118 Å². The number of amides is 1. The van der Waals surface area contributed by atoms with Crippen LogP contribution in [0.2, 0.25) is 0 Å². The lowest BCUT2D eigenvalue weighted by atomic mass is 10.2. The van der Waals surface area contributed by atoms with Gasteiger partial charge >= 0.3 is 5.97 Å². The van der Waals surface area contributed by atoms with Crippen LogP contribution in [0.5, 0.6) is 0 Å². The van der Waals surface area contributed by atoms with E-state index in [-0.39, 0.29) is 30.0 Å². The molecule has 2 rings (SSSR count). The third-order valence-electron chi connectivity index (χ3n) is 2.65. The van der Waals surface area contributed by atoms with E-state index >= 15 is 0 Å². The zero-order chi connectivity index (χ0) is 15.4. The van der Waals surface area contributed by atoms with E-state index in [1.54, 1.807) is 0 Å². The van der Waals surface area contributed by atoms with Gasteiger partial charge in [0.1, 0.15) is 5.82 Å². The highest BCUT2D eigenvalue weighted by Gasteiger charge is 2.10. The number of nitrogens with zero attached hydrogens (tertiary/aromatic N) is 3. The molecule has 0 fully saturated rings. The van der Waals surface area contributed by atoms with Gasteiger partial charge in [-0.05, 0) is 18.2 Å². The smallest absolute Gasteiger partial charge is 0.358 e. The molecule has 0 spiro atoms. The van der Waals surface area contributed by atoms with Gasteiger partial charge < -0.3 is 16.2 Å². The van der Waals surface area contributed by atoms with Gasteiger partial charge in [-0.3, -0.25) is 4.79 Å². The number of rotatable bonds is 5. The molecule has 1 aromatic carbocycles. The maximum absolute atomic E-state index is 13.2. The molecule has 110 valence electrons. The Morgan fingerprint density at radius 2 is 2.19 bits per heavy atom. The van der Waals surface area contributed by atoms with Crippen molar-refractivity contribution in [2.24, 2.45) is 0 Å². The Bertz CT molecular complexity index is 685. The van der Waals surface area contributed by atoms with Crippen LogP contribution >= 0.6 is 0 Å². The molecular formula is C12H12FN5O3. The predicted octanol–water partition coefficient (Wildman–Crippen LogP) is 0.128. The Morgan fingerprint density at radius 3 is 2.81 bits per heavy atom. The summed E-state index contributed by atoms with van der Waals surface area (Å²) in [5.41, 5.74) is 5.25. The number of carboxylic acids is 1. The zero-order valence-electron chi connectivity index (χ0n) is 10.8. The SMILES string of the molecule is Nc1ccc(C(=O)NCCn2cc(C(=O)O)nn2)cc1F. The monoisotopic (exact) mass is 293 g/mol. The Kier molecular flexibility index (Phi) is 4.12. The highest BCUT2D eigenvalue weighted by Crippen LogP contribution is 2.11. The minimum absolute atomic E-state index is 0.0321. The number of nitrogens with two attached hydrogens (primary N) is 1. The van der Waals surface area contributed by atoms with E-state index in [1.807, 2.05) is 0 Å². The molecule has 0 aliphatic carbocycles. The number of carbonyl (C=O) groups excluding carboxylic acids is 1. The molecule has 0 saturated heterocycles. The molecule has 9 heteroatoms. The van der Waals surface area contributed by atoms with Gasteiger partial charge in [0.15, 0.2) is 5.69 Å². The topological polar surface area (TPSA) is 123 Å². The number of nitrogens with one attached hydrogen (secondary N) is 1. The Balaban J connectivity index is 1.88. The molecule has 8 nitrogen and oxygen atoms in total. The molecule has 0 unspecified atom stereocenters. The van der Waals surface area contributed by atoms with Gasteiger partial charge in [-0.2, -0.15) is 0 Å². The quantitative estimate of drug-likeness (QED) is 0.673. The molecule has 1 aromatic heterocycles. The second-order valence-electron chi connectivity index (χ2n) is 4.16. The van der Waals surface area contributed by atoms with E-state index in [9.17, 15) is 14.0 Å². The van der Waals surface area contributed by atoms with Gasteiger partial charge in [-0.25, -0.2) is 13.9 Å². The lowest BCUT2D eigenvalue weighted by molar-refractivity contribution is 0.0690. The van der Waals surface area contributed by atoms with Crippen molar-refractivity contribution in [3.05, 3.63) is 41.5 Å². The number of hydrogen-bond acceptors (Lipinski definition) is 5. The van der Waals surface area contributed by atoms with Gasteiger partial charge in [0.25, 0.3) is 5.91 Å². The maximum Gasteiger partial charge on any atom is 0.358 e. The number of carboxylic acid groups (broad SMARTS) is 1. The summed E-state index contributed by atoms with van der Waals surface area (Å²) in [6.45, 7) is 0.427. The number of anilines is 1. The highest BCUT2D eigenvalue weighted by atomic mass is 19.1. The van der Waals surface area contributed by atoms with Crippen molar-refractivity contribution in [1.82, 2.24) is 20.3 Å². The van der Waals surface area contributed by atoms with Gasteiger partial charge in [0.05, 0.1) is 18.4 Å². The fourth-order valence-electron chi connectivity index (χ4n) is 1.56. The van der Waals surface area contributed by atoms with Crippen molar-refractivity contribution < 1.29 is 19.1 Å². The summed E-state index contributed by atoms with van der Waals surface area (Å²) in [7, 11) is 0. The molecule has 0 aliphatic rings. The summed E-state index contributed by atoms with van der Waals surface area (Å²) in [6.07, 6.45) is 1.25. The number of aromatic nitrogens is 3. The molecule has 1 heterocycles. The van der Waals surface area contributed by atoms with Gasteiger partial charge in [0, 0.05) is 12.1 Å². The first-order valence-corrected chi connectivity index (χ1v) is 5.94. The average molecular weight is 293 g/mol. The molecule has 0 saturated carbocycles. The minimum Gasteiger partial charge on any atom is -0.476 e. The summed E-state index contributed by atoms with van der Waals surface area (Å²) < 4.78 is 14.5. The average Bonchev–Trinajstić information content (AvgIpc) is 2.91. The van der Waals surface area contributed by atoms with E-state index in [4.69, 9.17) is 10.8 Å². The number of benzene rings is 1. The van der Waals surface area contributed by atoms with Crippen molar-refractivity contribution in [2.75, 3.05) is 12.3 Å². The van der Waals surface area contributed by atoms with Gasteiger partial charge in [0.2, 0.25) is 0 Å². The first kappa shape index (κ1) is 14.4. The van der Waals surface area contributed by atoms with Crippen LogP contribution in [-0.4, -0.2) is 38.5 Å². The van der Waals surface area contributed by atoms with Crippen LogP contribution < -0.4 is 11.1 Å². The molecule has 21 heavy (non-hydrogen) atoms. The summed E-state index contributed by atoms with van der Waals surface area (Å²) >= 11 is 0.